The van der Waals surface area contributed by atoms with Crippen LogP contribution < -0.4 is 5.32 Å². The number of ether oxygens (including phenoxy) is 1. The van der Waals surface area contributed by atoms with Crippen LogP contribution >= 0.6 is 11.6 Å². The summed E-state index contributed by atoms with van der Waals surface area (Å²) in [5.41, 5.74) is 1.58. The molecule has 2 fully saturated rings. The van der Waals surface area contributed by atoms with E-state index in [-0.39, 0.29) is 37.0 Å². The standard InChI is InChI=1S/C27H35ClN4O4/c1-4-13-32-22(17-30-14-15-31(18(3)16-30)25(33)19-9-8-10-19)23(26(34)36-5-2)24(29-27(32)35)20-11-6-7-12-21(20)28/h4,6-7,11-12,18-19,24H,1,5,8-10,13-17H2,2-3H3,(H,29,35). The number of carbonyl (C=O) groups is 3. The number of benzene rings is 1. The summed E-state index contributed by atoms with van der Waals surface area (Å²) in [6, 6.07) is 6.16. The molecule has 8 nitrogen and oxygen atoms in total. The molecule has 1 aromatic rings. The SMILES string of the molecule is C=CCN1C(=O)NC(c2ccccc2Cl)C(C(=O)OCC)=C1CN1CCN(C(=O)C2CCC2)C(C)C1. The Morgan fingerprint density at radius 1 is 1.25 bits per heavy atom. The zero-order chi connectivity index (χ0) is 25.8. The summed E-state index contributed by atoms with van der Waals surface area (Å²) < 4.78 is 5.45. The highest BCUT2D eigenvalue weighted by atomic mass is 35.5. The number of nitrogens with zero attached hydrogens (tertiary/aromatic N) is 3. The summed E-state index contributed by atoms with van der Waals surface area (Å²) in [5, 5.41) is 3.40. The zero-order valence-corrected chi connectivity index (χ0v) is 21.8. The van der Waals surface area contributed by atoms with Gasteiger partial charge < -0.3 is 15.0 Å². The quantitative estimate of drug-likeness (QED) is 0.422. The van der Waals surface area contributed by atoms with Gasteiger partial charge in [0.25, 0.3) is 0 Å². The number of hydrogen-bond acceptors (Lipinski definition) is 5. The van der Waals surface area contributed by atoms with Gasteiger partial charge in [-0.1, -0.05) is 42.3 Å². The normalized spacial score (nSPS) is 23.2. The molecule has 3 aliphatic rings. The molecule has 0 radical (unpaired) electrons. The summed E-state index contributed by atoms with van der Waals surface area (Å²) in [6.45, 7) is 10.4. The molecule has 1 saturated carbocycles. The second-order valence-corrected chi connectivity index (χ2v) is 10.0. The van der Waals surface area contributed by atoms with Crippen LogP contribution in [0.25, 0.3) is 0 Å². The molecule has 2 heterocycles. The summed E-state index contributed by atoms with van der Waals surface area (Å²) in [4.78, 5) is 45.2. The first-order valence-electron chi connectivity index (χ1n) is 12.7. The maximum Gasteiger partial charge on any atom is 0.338 e. The molecule has 2 unspecified atom stereocenters. The predicted molar refractivity (Wildman–Crippen MR) is 138 cm³/mol. The summed E-state index contributed by atoms with van der Waals surface area (Å²) in [7, 11) is 0. The van der Waals surface area contributed by atoms with Gasteiger partial charge in [-0.15, -0.1) is 6.58 Å². The van der Waals surface area contributed by atoms with Crippen molar-refractivity contribution in [1.82, 2.24) is 20.0 Å². The van der Waals surface area contributed by atoms with Gasteiger partial charge in [0.05, 0.1) is 18.2 Å². The van der Waals surface area contributed by atoms with E-state index in [0.29, 0.717) is 48.0 Å². The van der Waals surface area contributed by atoms with Gasteiger partial charge in [-0.25, -0.2) is 9.59 Å². The Morgan fingerprint density at radius 3 is 2.61 bits per heavy atom. The molecular weight excluding hydrogens is 480 g/mol. The van der Waals surface area contributed by atoms with Crippen LogP contribution in [-0.2, 0) is 14.3 Å². The van der Waals surface area contributed by atoms with Crippen LogP contribution in [0.5, 0.6) is 0 Å². The average molecular weight is 515 g/mol. The van der Waals surface area contributed by atoms with Crippen molar-refractivity contribution in [2.24, 2.45) is 5.92 Å². The lowest BCUT2D eigenvalue weighted by molar-refractivity contribution is -0.142. The molecular formula is C27H35ClN4O4. The Labute approximate surface area is 217 Å². The van der Waals surface area contributed by atoms with Crippen LogP contribution in [0.1, 0.15) is 44.7 Å². The first-order chi connectivity index (χ1) is 17.3. The Morgan fingerprint density at radius 2 is 2.00 bits per heavy atom. The number of rotatable bonds is 8. The Kier molecular flexibility index (Phi) is 8.36. The molecule has 0 bridgehead atoms. The summed E-state index contributed by atoms with van der Waals surface area (Å²) >= 11 is 6.49. The highest BCUT2D eigenvalue weighted by Crippen LogP contribution is 2.36. The third-order valence-electron chi connectivity index (χ3n) is 7.28. The molecule has 0 aromatic heterocycles. The minimum Gasteiger partial charge on any atom is -0.463 e. The van der Waals surface area contributed by atoms with Crippen LogP contribution in [-0.4, -0.2) is 78.0 Å². The molecule has 1 aromatic carbocycles. The molecule has 194 valence electrons. The van der Waals surface area contributed by atoms with E-state index in [0.717, 1.165) is 19.3 Å². The fraction of sp³-hybridized carbons (Fsp3) is 0.519. The molecule has 36 heavy (non-hydrogen) atoms. The van der Waals surface area contributed by atoms with Crippen LogP contribution in [0, 0.1) is 5.92 Å². The molecule has 1 saturated heterocycles. The van der Waals surface area contributed by atoms with Crippen LogP contribution in [0.3, 0.4) is 0 Å². The number of hydrogen-bond donors (Lipinski definition) is 1. The van der Waals surface area contributed by atoms with Crippen molar-refractivity contribution >= 4 is 29.5 Å². The lowest BCUT2D eigenvalue weighted by Gasteiger charge is -2.44. The van der Waals surface area contributed by atoms with Gasteiger partial charge in [0.1, 0.15) is 0 Å². The molecule has 2 aliphatic heterocycles. The fourth-order valence-electron chi connectivity index (χ4n) is 5.19. The van der Waals surface area contributed by atoms with Gasteiger partial charge in [-0.05, 0) is 38.3 Å². The number of piperazine rings is 1. The fourth-order valence-corrected chi connectivity index (χ4v) is 5.44. The van der Waals surface area contributed by atoms with E-state index in [1.165, 1.54) is 0 Å². The van der Waals surface area contributed by atoms with Crippen LogP contribution in [0.4, 0.5) is 4.79 Å². The van der Waals surface area contributed by atoms with E-state index in [2.05, 4.69) is 23.7 Å². The Bertz CT molecular complexity index is 1050. The Hall–Kier alpha value is -2.84. The highest BCUT2D eigenvalue weighted by molar-refractivity contribution is 6.31. The smallest absolute Gasteiger partial charge is 0.338 e. The minimum atomic E-state index is -0.736. The van der Waals surface area contributed by atoms with E-state index in [1.54, 1.807) is 36.1 Å². The van der Waals surface area contributed by atoms with Crippen molar-refractivity contribution in [2.75, 3.05) is 39.3 Å². The van der Waals surface area contributed by atoms with Gasteiger partial charge in [0, 0.05) is 55.4 Å². The largest absolute Gasteiger partial charge is 0.463 e. The van der Waals surface area contributed by atoms with E-state index in [1.807, 2.05) is 11.0 Å². The topological polar surface area (TPSA) is 82.2 Å². The van der Waals surface area contributed by atoms with E-state index < -0.39 is 12.0 Å². The predicted octanol–water partition coefficient (Wildman–Crippen LogP) is 3.74. The van der Waals surface area contributed by atoms with Gasteiger partial charge in [0.15, 0.2) is 0 Å². The molecule has 1 N–H and O–H groups in total. The molecule has 1 aliphatic carbocycles. The number of carbonyl (C=O) groups excluding carboxylic acids is 3. The number of urea groups is 1. The summed E-state index contributed by atoms with van der Waals surface area (Å²) in [5.74, 6) is -0.0686. The number of halogens is 1. The van der Waals surface area contributed by atoms with Crippen molar-refractivity contribution in [3.8, 4) is 0 Å². The second kappa shape index (κ2) is 11.5. The monoisotopic (exact) mass is 514 g/mol. The molecule has 4 rings (SSSR count). The number of esters is 1. The average Bonchev–Trinajstić information content (AvgIpc) is 2.80. The van der Waals surface area contributed by atoms with Gasteiger partial charge in [-0.3, -0.25) is 14.6 Å². The third-order valence-corrected chi connectivity index (χ3v) is 7.63. The van der Waals surface area contributed by atoms with Crippen molar-refractivity contribution in [3.63, 3.8) is 0 Å². The van der Waals surface area contributed by atoms with Crippen molar-refractivity contribution in [2.45, 2.75) is 45.2 Å². The lowest BCUT2D eigenvalue weighted by atomic mass is 9.84. The Balaban J connectivity index is 1.67. The minimum absolute atomic E-state index is 0.0446. The number of nitrogens with one attached hydrogen (secondary N) is 1. The lowest BCUT2D eigenvalue weighted by Crippen LogP contribution is -2.57. The van der Waals surface area contributed by atoms with Crippen LogP contribution in [0.15, 0.2) is 48.2 Å². The van der Waals surface area contributed by atoms with E-state index >= 15 is 0 Å². The van der Waals surface area contributed by atoms with Crippen molar-refractivity contribution < 1.29 is 19.1 Å². The van der Waals surface area contributed by atoms with Gasteiger partial charge >= 0.3 is 12.0 Å². The first-order valence-corrected chi connectivity index (χ1v) is 13.1. The third kappa shape index (κ3) is 5.30. The first kappa shape index (κ1) is 26.2. The highest BCUT2D eigenvalue weighted by Gasteiger charge is 2.40. The van der Waals surface area contributed by atoms with Gasteiger partial charge in [-0.2, -0.15) is 0 Å². The van der Waals surface area contributed by atoms with Crippen molar-refractivity contribution in [1.29, 1.82) is 0 Å². The van der Waals surface area contributed by atoms with Crippen molar-refractivity contribution in [3.05, 3.63) is 58.8 Å². The van der Waals surface area contributed by atoms with Gasteiger partial charge in [0.2, 0.25) is 5.91 Å². The van der Waals surface area contributed by atoms with E-state index in [4.69, 9.17) is 16.3 Å². The molecule has 2 atom stereocenters. The number of amides is 3. The molecule has 3 amide bonds. The maximum absolute atomic E-state index is 13.3. The molecule has 9 heteroatoms. The van der Waals surface area contributed by atoms with Crippen LogP contribution in [0.2, 0.25) is 5.02 Å². The summed E-state index contributed by atoms with van der Waals surface area (Å²) in [6.07, 6.45) is 4.73. The van der Waals surface area contributed by atoms with E-state index in [9.17, 15) is 14.4 Å². The molecule has 0 spiro atoms. The zero-order valence-electron chi connectivity index (χ0n) is 21.0. The maximum atomic E-state index is 13.3. The second-order valence-electron chi connectivity index (χ2n) is 9.63.